The maximum atomic E-state index is 10.8. The molecule has 0 aliphatic heterocycles. The summed E-state index contributed by atoms with van der Waals surface area (Å²) >= 11 is 0. The third-order valence-electron chi connectivity index (χ3n) is 2.24. The number of nitrogens with two attached hydrogens (primary N) is 1. The third kappa shape index (κ3) is 2.62. The number of furan rings is 1. The second kappa shape index (κ2) is 4.31. The van der Waals surface area contributed by atoms with Crippen molar-refractivity contribution >= 4 is 5.91 Å². The van der Waals surface area contributed by atoms with Gasteiger partial charge in [0.1, 0.15) is 11.5 Å². The number of carbonyl (C=O) groups excluding carboxylic acids is 1. The minimum absolute atomic E-state index is 0.166. The van der Waals surface area contributed by atoms with Gasteiger partial charge < -0.3 is 10.2 Å². The predicted molar refractivity (Wildman–Crippen MR) is 54.9 cm³/mol. The van der Waals surface area contributed by atoms with Crippen LogP contribution < -0.4 is 5.73 Å². The van der Waals surface area contributed by atoms with Crippen molar-refractivity contribution in [1.29, 1.82) is 0 Å². The summed E-state index contributed by atoms with van der Waals surface area (Å²) in [7, 11) is 0. The molecule has 1 amide bonds. The molecule has 1 atom stereocenters. The van der Waals surface area contributed by atoms with E-state index in [-0.39, 0.29) is 11.8 Å². The largest absolute Gasteiger partial charge is 0.466 e. The van der Waals surface area contributed by atoms with Crippen LogP contribution in [0.15, 0.2) is 16.5 Å². The summed E-state index contributed by atoms with van der Waals surface area (Å²) < 4.78 is 5.56. The van der Waals surface area contributed by atoms with E-state index in [0.29, 0.717) is 12.3 Å². The second-order valence-electron chi connectivity index (χ2n) is 3.97. The van der Waals surface area contributed by atoms with Gasteiger partial charge in [0.25, 0.3) is 0 Å². The van der Waals surface area contributed by atoms with Crippen LogP contribution in [0.1, 0.15) is 38.2 Å². The summed E-state index contributed by atoms with van der Waals surface area (Å²) in [5, 5.41) is 0. The molecule has 0 saturated heterocycles. The molecular weight excluding hydrogens is 178 g/mol. The topological polar surface area (TPSA) is 56.2 Å². The van der Waals surface area contributed by atoms with Crippen LogP contribution in [0.3, 0.4) is 0 Å². The highest BCUT2D eigenvalue weighted by Gasteiger charge is 2.13. The molecule has 14 heavy (non-hydrogen) atoms. The molecule has 0 bridgehead atoms. The Labute approximate surface area is 84.3 Å². The normalized spacial score (nSPS) is 13.1. The average Bonchev–Trinajstić information content (AvgIpc) is 2.52. The van der Waals surface area contributed by atoms with Crippen molar-refractivity contribution in [2.24, 2.45) is 11.7 Å². The molecule has 0 aromatic carbocycles. The number of hydrogen-bond donors (Lipinski definition) is 1. The van der Waals surface area contributed by atoms with Gasteiger partial charge in [0.15, 0.2) is 0 Å². The molecule has 0 aliphatic rings. The van der Waals surface area contributed by atoms with E-state index >= 15 is 0 Å². The third-order valence-corrected chi connectivity index (χ3v) is 2.24. The van der Waals surface area contributed by atoms with Gasteiger partial charge in [-0.1, -0.05) is 20.8 Å². The van der Waals surface area contributed by atoms with Gasteiger partial charge >= 0.3 is 0 Å². The zero-order valence-corrected chi connectivity index (χ0v) is 8.91. The van der Waals surface area contributed by atoms with E-state index in [1.165, 1.54) is 0 Å². The zero-order chi connectivity index (χ0) is 10.7. The maximum absolute atomic E-state index is 10.8. The van der Waals surface area contributed by atoms with Crippen LogP contribution in [0, 0.1) is 5.92 Å². The van der Waals surface area contributed by atoms with Crippen molar-refractivity contribution < 1.29 is 9.21 Å². The number of carbonyl (C=O) groups is 1. The molecule has 0 spiro atoms. The van der Waals surface area contributed by atoms with Crippen LogP contribution in [0.5, 0.6) is 0 Å². The van der Waals surface area contributed by atoms with Crippen LogP contribution in [-0.2, 0) is 11.2 Å². The highest BCUT2D eigenvalue weighted by atomic mass is 16.3. The summed E-state index contributed by atoms with van der Waals surface area (Å²) in [5.74, 6) is 1.72. The van der Waals surface area contributed by atoms with E-state index in [9.17, 15) is 4.79 Å². The number of amides is 1. The first kappa shape index (κ1) is 10.8. The summed E-state index contributed by atoms with van der Waals surface area (Å²) in [5.41, 5.74) is 5.17. The molecule has 78 valence electrons. The van der Waals surface area contributed by atoms with Crippen molar-refractivity contribution in [2.75, 3.05) is 0 Å². The number of primary amides is 1. The second-order valence-corrected chi connectivity index (χ2v) is 3.97. The van der Waals surface area contributed by atoms with Crippen LogP contribution >= 0.6 is 0 Å². The lowest BCUT2D eigenvalue weighted by molar-refractivity contribution is -0.121. The Kier molecular flexibility index (Phi) is 3.33. The summed E-state index contributed by atoms with van der Waals surface area (Å²) in [4.78, 5) is 10.8. The molecule has 0 aliphatic carbocycles. The van der Waals surface area contributed by atoms with Crippen LogP contribution in [0.4, 0.5) is 0 Å². The van der Waals surface area contributed by atoms with Crippen molar-refractivity contribution in [1.82, 2.24) is 0 Å². The first-order valence-corrected chi connectivity index (χ1v) is 4.88. The first-order valence-electron chi connectivity index (χ1n) is 4.88. The molecule has 0 saturated carbocycles. The van der Waals surface area contributed by atoms with Crippen LogP contribution in [0.25, 0.3) is 0 Å². The van der Waals surface area contributed by atoms with E-state index < -0.39 is 0 Å². The minimum Gasteiger partial charge on any atom is -0.466 e. The SMILES string of the molecule is CC(Cc1ccc(C(C)C)o1)C(N)=O. The Hall–Kier alpha value is -1.25. The van der Waals surface area contributed by atoms with Crippen molar-refractivity contribution in [2.45, 2.75) is 33.1 Å². The van der Waals surface area contributed by atoms with Crippen molar-refractivity contribution in [3.05, 3.63) is 23.7 Å². The fraction of sp³-hybridized carbons (Fsp3) is 0.545. The van der Waals surface area contributed by atoms with Crippen molar-refractivity contribution in [3.63, 3.8) is 0 Å². The van der Waals surface area contributed by atoms with Crippen molar-refractivity contribution in [3.8, 4) is 0 Å². The van der Waals surface area contributed by atoms with Gasteiger partial charge in [-0.2, -0.15) is 0 Å². The molecule has 0 fully saturated rings. The molecule has 1 heterocycles. The van der Waals surface area contributed by atoms with Gasteiger partial charge in [0, 0.05) is 18.3 Å². The molecule has 1 unspecified atom stereocenters. The molecule has 1 aromatic rings. The fourth-order valence-corrected chi connectivity index (χ4v) is 1.22. The van der Waals surface area contributed by atoms with Gasteiger partial charge in [-0.05, 0) is 12.1 Å². The zero-order valence-electron chi connectivity index (χ0n) is 8.91. The Morgan fingerprint density at radius 2 is 2.07 bits per heavy atom. The molecule has 1 aromatic heterocycles. The van der Waals surface area contributed by atoms with Gasteiger partial charge in [0.2, 0.25) is 5.91 Å². The van der Waals surface area contributed by atoms with E-state index in [4.69, 9.17) is 10.2 Å². The Balaban J connectivity index is 2.64. The van der Waals surface area contributed by atoms with Gasteiger partial charge in [0.05, 0.1) is 0 Å². The standard InChI is InChI=1S/C11H17NO2/c1-7(2)10-5-4-9(14-10)6-8(3)11(12)13/h4-5,7-8H,6H2,1-3H3,(H2,12,13). The first-order chi connectivity index (χ1) is 6.50. The Morgan fingerprint density at radius 3 is 2.50 bits per heavy atom. The van der Waals surface area contributed by atoms with Gasteiger partial charge in [-0.15, -0.1) is 0 Å². The van der Waals surface area contributed by atoms with E-state index in [0.717, 1.165) is 11.5 Å². The summed E-state index contributed by atoms with van der Waals surface area (Å²) in [6.45, 7) is 5.94. The lowest BCUT2D eigenvalue weighted by Gasteiger charge is -2.04. The summed E-state index contributed by atoms with van der Waals surface area (Å²) in [6, 6.07) is 3.86. The lowest BCUT2D eigenvalue weighted by atomic mass is 10.1. The van der Waals surface area contributed by atoms with Crippen LogP contribution in [-0.4, -0.2) is 5.91 Å². The molecule has 3 heteroatoms. The summed E-state index contributed by atoms with van der Waals surface area (Å²) in [6.07, 6.45) is 0.585. The van der Waals surface area contributed by atoms with Gasteiger partial charge in [-0.25, -0.2) is 0 Å². The molecule has 2 N–H and O–H groups in total. The molecular formula is C11H17NO2. The number of rotatable bonds is 4. The van der Waals surface area contributed by atoms with Gasteiger partial charge in [-0.3, -0.25) is 4.79 Å². The highest BCUT2D eigenvalue weighted by Crippen LogP contribution is 2.19. The number of hydrogen-bond acceptors (Lipinski definition) is 2. The smallest absolute Gasteiger partial charge is 0.220 e. The monoisotopic (exact) mass is 195 g/mol. The van der Waals surface area contributed by atoms with E-state index in [2.05, 4.69) is 13.8 Å². The fourth-order valence-electron chi connectivity index (χ4n) is 1.22. The maximum Gasteiger partial charge on any atom is 0.220 e. The highest BCUT2D eigenvalue weighted by molar-refractivity contribution is 5.76. The minimum atomic E-state index is -0.285. The molecule has 1 rings (SSSR count). The van der Waals surface area contributed by atoms with Crippen LogP contribution in [0.2, 0.25) is 0 Å². The lowest BCUT2D eigenvalue weighted by Crippen LogP contribution is -2.22. The van der Waals surface area contributed by atoms with E-state index in [1.54, 1.807) is 6.92 Å². The quantitative estimate of drug-likeness (QED) is 0.799. The molecule has 3 nitrogen and oxygen atoms in total. The molecule has 0 radical (unpaired) electrons. The predicted octanol–water partition coefficient (Wildman–Crippen LogP) is 2.07. The van der Waals surface area contributed by atoms with E-state index in [1.807, 2.05) is 12.1 Å². The average molecular weight is 195 g/mol. The Morgan fingerprint density at radius 1 is 1.43 bits per heavy atom. The Bertz CT molecular complexity index is 315.